The Bertz CT molecular complexity index is 1080. The van der Waals surface area contributed by atoms with Crippen molar-refractivity contribution in [3.63, 3.8) is 0 Å². The molecule has 4 nitrogen and oxygen atoms in total. The number of hydrogen-bond donors (Lipinski definition) is 0. The van der Waals surface area contributed by atoms with Crippen LogP contribution in [-0.4, -0.2) is 27.0 Å². The minimum Gasteiger partial charge on any atom is -0.308 e. The molecule has 0 radical (unpaired) electrons. The van der Waals surface area contributed by atoms with Crippen LogP contribution in [0.1, 0.15) is 19.4 Å². The molecule has 0 fully saturated rings. The van der Waals surface area contributed by atoms with Gasteiger partial charge in [0.15, 0.2) is 8.29 Å². The summed E-state index contributed by atoms with van der Waals surface area (Å²) >= 11 is 14.3. The number of thioether (sulfide) groups is 1. The van der Waals surface area contributed by atoms with E-state index >= 15 is 0 Å². The number of fused-ring (bicyclic) bond motifs is 1. The van der Waals surface area contributed by atoms with Gasteiger partial charge in [-0.3, -0.25) is 4.79 Å². The first-order valence-corrected chi connectivity index (χ1v) is 11.4. The quantitative estimate of drug-likeness (QED) is 0.375. The summed E-state index contributed by atoms with van der Waals surface area (Å²) in [6.45, 7) is 4.02. The van der Waals surface area contributed by atoms with Crippen molar-refractivity contribution in [1.82, 2.24) is 9.78 Å². The van der Waals surface area contributed by atoms with Crippen LogP contribution < -0.4 is 4.90 Å². The van der Waals surface area contributed by atoms with Crippen molar-refractivity contribution in [3.8, 4) is 5.69 Å². The molecule has 0 saturated heterocycles. The van der Waals surface area contributed by atoms with Crippen LogP contribution >= 0.6 is 46.9 Å². The van der Waals surface area contributed by atoms with E-state index in [4.69, 9.17) is 23.8 Å². The molecule has 1 aliphatic heterocycles. The van der Waals surface area contributed by atoms with Crippen molar-refractivity contribution in [2.75, 3.05) is 4.90 Å². The number of carbonyl (C=O) groups is 1. The third-order valence-electron chi connectivity index (χ3n) is 4.67. The van der Waals surface area contributed by atoms with Crippen LogP contribution in [0, 0.1) is 3.95 Å². The molecule has 8 heteroatoms. The number of rotatable bonds is 4. The number of hydrogen-bond acceptors (Lipinski definition) is 5. The lowest BCUT2D eigenvalue weighted by Gasteiger charge is -2.25. The molecule has 2 atom stereocenters. The van der Waals surface area contributed by atoms with Crippen molar-refractivity contribution in [2.45, 2.75) is 35.9 Å². The number of anilines is 1. The number of carbonyl (C=O) groups excluding carboxylic acids is 1. The fourth-order valence-corrected chi connectivity index (χ4v) is 6.03. The first-order valence-electron chi connectivity index (χ1n) is 8.88. The van der Waals surface area contributed by atoms with E-state index in [0.29, 0.717) is 8.98 Å². The van der Waals surface area contributed by atoms with Crippen LogP contribution in [0.5, 0.6) is 0 Å². The van der Waals surface area contributed by atoms with E-state index in [1.165, 1.54) is 28.7 Å². The second kappa shape index (κ2) is 7.99. The van der Waals surface area contributed by atoms with Gasteiger partial charge in [0.05, 0.1) is 10.9 Å². The SMILES string of the molecule is C[C@@H](Sc1nn(-c2ccc(Cl)cc2)c(=S)s1)C(=O)N1c2ccccc2C[C@@H]1C. The molecule has 0 saturated carbocycles. The molecule has 0 N–H and O–H groups in total. The monoisotopic (exact) mass is 447 g/mol. The van der Waals surface area contributed by atoms with Crippen molar-refractivity contribution in [3.05, 3.63) is 63.1 Å². The van der Waals surface area contributed by atoms with E-state index in [2.05, 4.69) is 18.1 Å². The summed E-state index contributed by atoms with van der Waals surface area (Å²) in [6.07, 6.45) is 0.892. The van der Waals surface area contributed by atoms with Gasteiger partial charge in [-0.25, -0.2) is 4.68 Å². The van der Waals surface area contributed by atoms with Crippen molar-refractivity contribution >= 4 is 58.5 Å². The highest BCUT2D eigenvalue weighted by molar-refractivity contribution is 8.02. The Morgan fingerprint density at radius 2 is 2.00 bits per heavy atom. The lowest BCUT2D eigenvalue weighted by molar-refractivity contribution is -0.118. The topological polar surface area (TPSA) is 38.1 Å². The van der Waals surface area contributed by atoms with Gasteiger partial charge in [-0.05, 0) is 68.4 Å². The lowest BCUT2D eigenvalue weighted by atomic mass is 10.1. The van der Waals surface area contributed by atoms with Crippen molar-refractivity contribution < 1.29 is 4.79 Å². The Kier molecular flexibility index (Phi) is 5.60. The number of benzene rings is 2. The Morgan fingerprint density at radius 3 is 2.75 bits per heavy atom. The van der Waals surface area contributed by atoms with Gasteiger partial charge < -0.3 is 4.90 Å². The fraction of sp³-hybridized carbons (Fsp3) is 0.250. The first kappa shape index (κ1) is 19.6. The van der Waals surface area contributed by atoms with Gasteiger partial charge in [-0.15, -0.1) is 5.10 Å². The summed E-state index contributed by atoms with van der Waals surface area (Å²) < 4.78 is 3.13. The molecule has 1 aliphatic rings. The predicted molar refractivity (Wildman–Crippen MR) is 120 cm³/mol. The highest BCUT2D eigenvalue weighted by Gasteiger charge is 2.33. The standard InChI is InChI=1S/C20H18ClN3OS3/c1-12-11-14-5-3-4-6-17(14)23(12)18(25)13(2)27-19-22-24(20(26)28-19)16-9-7-15(21)8-10-16/h3-10,12-13H,11H2,1-2H3/t12-,13+/m0/s1. The van der Waals surface area contributed by atoms with E-state index in [1.54, 1.807) is 4.68 Å². The first-order chi connectivity index (χ1) is 13.4. The highest BCUT2D eigenvalue weighted by atomic mass is 35.5. The maximum atomic E-state index is 13.2. The molecule has 2 heterocycles. The molecule has 1 aromatic heterocycles. The van der Waals surface area contributed by atoms with Crippen LogP contribution in [0.2, 0.25) is 5.02 Å². The third-order valence-corrected chi connectivity index (χ3v) is 7.33. The van der Waals surface area contributed by atoms with E-state index in [0.717, 1.165) is 22.1 Å². The van der Waals surface area contributed by atoms with Gasteiger partial charge in [-0.1, -0.05) is 52.9 Å². The van der Waals surface area contributed by atoms with Gasteiger partial charge in [0, 0.05) is 16.8 Å². The number of para-hydroxylation sites is 1. The molecule has 0 unspecified atom stereocenters. The Balaban J connectivity index is 1.53. The Labute approximate surface area is 182 Å². The van der Waals surface area contributed by atoms with Gasteiger partial charge >= 0.3 is 0 Å². The van der Waals surface area contributed by atoms with Crippen molar-refractivity contribution in [1.29, 1.82) is 0 Å². The summed E-state index contributed by atoms with van der Waals surface area (Å²) in [7, 11) is 0. The second-order valence-electron chi connectivity index (χ2n) is 6.67. The smallest absolute Gasteiger partial charge is 0.240 e. The summed E-state index contributed by atoms with van der Waals surface area (Å²) in [5, 5.41) is 5.01. The molecule has 4 rings (SSSR count). The van der Waals surface area contributed by atoms with Crippen LogP contribution in [-0.2, 0) is 11.2 Å². The molecule has 3 aromatic rings. The zero-order valence-electron chi connectivity index (χ0n) is 15.3. The number of aromatic nitrogens is 2. The second-order valence-corrected chi connectivity index (χ2v) is 10.3. The highest BCUT2D eigenvalue weighted by Crippen LogP contribution is 2.35. The lowest BCUT2D eigenvalue weighted by Crippen LogP contribution is -2.40. The Hall–Kier alpha value is -1.67. The molecule has 2 aromatic carbocycles. The summed E-state index contributed by atoms with van der Waals surface area (Å²) in [6, 6.07) is 15.7. The van der Waals surface area contributed by atoms with E-state index in [1.807, 2.05) is 54.3 Å². The predicted octanol–water partition coefficient (Wildman–Crippen LogP) is 5.78. The molecule has 144 valence electrons. The van der Waals surface area contributed by atoms with Crippen LogP contribution in [0.3, 0.4) is 0 Å². The maximum absolute atomic E-state index is 13.2. The molecule has 28 heavy (non-hydrogen) atoms. The zero-order valence-corrected chi connectivity index (χ0v) is 18.5. The average Bonchev–Trinajstić information content (AvgIpc) is 3.20. The third kappa shape index (κ3) is 3.76. The summed E-state index contributed by atoms with van der Waals surface area (Å²) in [5.74, 6) is 0.0987. The minimum atomic E-state index is -0.257. The zero-order chi connectivity index (χ0) is 19.8. The molecule has 0 bridgehead atoms. The van der Waals surface area contributed by atoms with Gasteiger partial charge in [0.1, 0.15) is 0 Å². The van der Waals surface area contributed by atoms with Crippen LogP contribution in [0.25, 0.3) is 5.69 Å². The minimum absolute atomic E-state index is 0.0987. The van der Waals surface area contributed by atoms with E-state index in [9.17, 15) is 4.79 Å². The maximum Gasteiger partial charge on any atom is 0.240 e. The molecule has 1 amide bonds. The summed E-state index contributed by atoms with van der Waals surface area (Å²) in [5.41, 5.74) is 3.11. The van der Waals surface area contributed by atoms with Gasteiger partial charge in [0.25, 0.3) is 0 Å². The van der Waals surface area contributed by atoms with Crippen LogP contribution in [0.15, 0.2) is 52.9 Å². The Morgan fingerprint density at radius 1 is 1.29 bits per heavy atom. The number of amides is 1. The van der Waals surface area contributed by atoms with E-state index in [-0.39, 0.29) is 17.2 Å². The summed E-state index contributed by atoms with van der Waals surface area (Å²) in [4.78, 5) is 15.1. The van der Waals surface area contributed by atoms with Crippen molar-refractivity contribution in [2.24, 2.45) is 0 Å². The van der Waals surface area contributed by atoms with Gasteiger partial charge in [0.2, 0.25) is 5.91 Å². The van der Waals surface area contributed by atoms with E-state index < -0.39 is 0 Å². The molecule has 0 spiro atoms. The largest absolute Gasteiger partial charge is 0.308 e. The van der Waals surface area contributed by atoms with Crippen LogP contribution in [0.4, 0.5) is 5.69 Å². The average molecular weight is 448 g/mol. The molecular formula is C20H18ClN3OS3. The van der Waals surface area contributed by atoms with Gasteiger partial charge in [-0.2, -0.15) is 0 Å². The number of nitrogens with zero attached hydrogens (tertiary/aromatic N) is 3. The fourth-order valence-electron chi connectivity index (χ4n) is 3.35. The normalized spacial score (nSPS) is 16.8. The number of halogens is 1. The molecule has 0 aliphatic carbocycles. The molecular weight excluding hydrogens is 430 g/mol.